The summed E-state index contributed by atoms with van der Waals surface area (Å²) >= 11 is 3.53. The minimum Gasteiger partial charge on any atom is -0.328 e. The average molecular weight is 320 g/mol. The lowest BCUT2D eigenvalue weighted by atomic mass is 9.96. The van der Waals surface area contributed by atoms with Gasteiger partial charge in [-0.1, -0.05) is 40.9 Å². The smallest absolute Gasteiger partial charge is 0.0956 e. The molecule has 0 bridgehead atoms. The maximum atomic E-state index is 6.08. The normalized spacial score (nSPS) is 17.8. The van der Waals surface area contributed by atoms with E-state index in [0.29, 0.717) is 6.54 Å². The zero-order chi connectivity index (χ0) is 13.3. The summed E-state index contributed by atoms with van der Waals surface area (Å²) in [5.74, 6) is 0. The molecular formula is C15H18BrN3. The summed E-state index contributed by atoms with van der Waals surface area (Å²) in [6, 6.07) is 8.35. The Bertz CT molecular complexity index is 570. The Morgan fingerprint density at radius 1 is 1.32 bits per heavy atom. The van der Waals surface area contributed by atoms with Gasteiger partial charge in [0.15, 0.2) is 0 Å². The molecule has 0 amide bonds. The minimum atomic E-state index is 0.0636. The van der Waals surface area contributed by atoms with Crippen molar-refractivity contribution in [3.05, 3.63) is 41.3 Å². The third-order valence-electron chi connectivity index (χ3n) is 4.18. The quantitative estimate of drug-likeness (QED) is 0.940. The molecule has 100 valence electrons. The zero-order valence-electron chi connectivity index (χ0n) is 10.8. The Balaban J connectivity index is 2.07. The molecule has 1 saturated carbocycles. The second-order valence-electron chi connectivity index (χ2n) is 5.29. The summed E-state index contributed by atoms with van der Waals surface area (Å²) in [5.41, 5.74) is 8.49. The molecule has 1 aliphatic carbocycles. The van der Waals surface area contributed by atoms with Crippen LogP contribution in [0, 0.1) is 0 Å². The number of imidazole rings is 1. The van der Waals surface area contributed by atoms with Crippen molar-refractivity contribution in [3.8, 4) is 11.3 Å². The first-order valence-electron chi connectivity index (χ1n) is 6.74. The van der Waals surface area contributed by atoms with Crippen LogP contribution in [0.4, 0.5) is 0 Å². The van der Waals surface area contributed by atoms with Crippen molar-refractivity contribution in [1.29, 1.82) is 0 Å². The van der Waals surface area contributed by atoms with Crippen molar-refractivity contribution in [2.75, 3.05) is 6.54 Å². The molecule has 19 heavy (non-hydrogen) atoms. The van der Waals surface area contributed by atoms with Crippen LogP contribution in [-0.4, -0.2) is 16.1 Å². The van der Waals surface area contributed by atoms with Crippen LogP contribution in [0.3, 0.4) is 0 Å². The highest BCUT2D eigenvalue weighted by Crippen LogP contribution is 2.38. The van der Waals surface area contributed by atoms with E-state index in [4.69, 9.17) is 5.73 Å². The highest BCUT2D eigenvalue weighted by molar-refractivity contribution is 9.10. The zero-order valence-corrected chi connectivity index (χ0v) is 12.4. The molecule has 1 fully saturated rings. The summed E-state index contributed by atoms with van der Waals surface area (Å²) in [4.78, 5) is 4.36. The second-order valence-corrected chi connectivity index (χ2v) is 6.21. The van der Waals surface area contributed by atoms with Crippen LogP contribution in [-0.2, 0) is 5.54 Å². The van der Waals surface area contributed by atoms with Gasteiger partial charge in [-0.15, -0.1) is 0 Å². The Morgan fingerprint density at radius 2 is 2.11 bits per heavy atom. The van der Waals surface area contributed by atoms with Crippen molar-refractivity contribution < 1.29 is 0 Å². The van der Waals surface area contributed by atoms with E-state index in [-0.39, 0.29) is 5.54 Å². The van der Waals surface area contributed by atoms with E-state index in [1.807, 2.05) is 18.6 Å². The molecule has 0 saturated heterocycles. The third-order valence-corrected chi connectivity index (χ3v) is 4.68. The Kier molecular flexibility index (Phi) is 3.46. The molecule has 4 heteroatoms. The minimum absolute atomic E-state index is 0.0636. The van der Waals surface area contributed by atoms with Crippen LogP contribution in [0.1, 0.15) is 25.7 Å². The highest BCUT2D eigenvalue weighted by Gasteiger charge is 2.35. The number of hydrogen-bond acceptors (Lipinski definition) is 2. The molecule has 0 atom stereocenters. The van der Waals surface area contributed by atoms with Gasteiger partial charge < -0.3 is 10.3 Å². The summed E-state index contributed by atoms with van der Waals surface area (Å²) in [7, 11) is 0. The molecule has 1 aliphatic rings. The number of rotatable bonds is 3. The molecule has 1 aromatic carbocycles. The molecule has 0 unspecified atom stereocenters. The van der Waals surface area contributed by atoms with Crippen LogP contribution in [0.25, 0.3) is 11.3 Å². The van der Waals surface area contributed by atoms with Crippen molar-refractivity contribution in [1.82, 2.24) is 9.55 Å². The molecule has 0 radical (unpaired) electrons. The summed E-state index contributed by atoms with van der Waals surface area (Å²) < 4.78 is 3.38. The number of nitrogens with zero attached hydrogens (tertiary/aromatic N) is 2. The van der Waals surface area contributed by atoms with Gasteiger partial charge in [-0.05, 0) is 25.0 Å². The first kappa shape index (κ1) is 12.9. The van der Waals surface area contributed by atoms with Crippen LogP contribution in [0.2, 0.25) is 0 Å². The summed E-state index contributed by atoms with van der Waals surface area (Å²) in [6.45, 7) is 0.685. The maximum Gasteiger partial charge on any atom is 0.0956 e. The maximum absolute atomic E-state index is 6.08. The van der Waals surface area contributed by atoms with Crippen LogP contribution < -0.4 is 5.73 Å². The standard InChI is InChI=1S/C15H18BrN3/c16-13-5-3-4-12(8-13)14-9-18-11-19(14)15(10-17)6-1-2-7-15/h3-5,8-9,11H,1-2,6-7,10,17H2. The third kappa shape index (κ3) is 2.23. The van der Waals surface area contributed by atoms with Gasteiger partial charge in [-0.2, -0.15) is 0 Å². The lowest BCUT2D eigenvalue weighted by Gasteiger charge is -2.31. The van der Waals surface area contributed by atoms with Gasteiger partial charge in [-0.3, -0.25) is 0 Å². The molecule has 2 aromatic rings. The molecule has 1 aromatic heterocycles. The molecule has 3 nitrogen and oxygen atoms in total. The fourth-order valence-corrected chi connectivity index (χ4v) is 3.51. The average Bonchev–Trinajstić information content (AvgIpc) is 3.08. The summed E-state index contributed by atoms with van der Waals surface area (Å²) in [5, 5.41) is 0. The van der Waals surface area contributed by atoms with Crippen LogP contribution in [0.15, 0.2) is 41.3 Å². The SMILES string of the molecule is NCC1(n2cncc2-c2cccc(Br)c2)CCCC1. The monoisotopic (exact) mass is 319 g/mol. The fourth-order valence-electron chi connectivity index (χ4n) is 3.11. The predicted octanol–water partition coefficient (Wildman–Crippen LogP) is 3.54. The molecule has 3 rings (SSSR count). The van der Waals surface area contributed by atoms with Gasteiger partial charge in [-0.25, -0.2) is 4.98 Å². The van der Waals surface area contributed by atoms with Crippen molar-refractivity contribution in [2.24, 2.45) is 5.73 Å². The van der Waals surface area contributed by atoms with Crippen molar-refractivity contribution in [2.45, 2.75) is 31.2 Å². The molecule has 2 N–H and O–H groups in total. The van der Waals surface area contributed by atoms with Gasteiger partial charge in [0, 0.05) is 16.6 Å². The first-order valence-corrected chi connectivity index (χ1v) is 7.53. The largest absolute Gasteiger partial charge is 0.328 e. The molecule has 0 spiro atoms. The predicted molar refractivity (Wildman–Crippen MR) is 80.9 cm³/mol. The van der Waals surface area contributed by atoms with Gasteiger partial charge in [0.05, 0.1) is 23.8 Å². The molecular weight excluding hydrogens is 302 g/mol. The number of nitrogens with two attached hydrogens (primary N) is 1. The highest BCUT2D eigenvalue weighted by atomic mass is 79.9. The lowest BCUT2D eigenvalue weighted by Crippen LogP contribution is -2.38. The van der Waals surface area contributed by atoms with Gasteiger partial charge >= 0.3 is 0 Å². The Morgan fingerprint density at radius 3 is 2.79 bits per heavy atom. The van der Waals surface area contributed by atoms with E-state index in [2.05, 4.69) is 43.7 Å². The number of aromatic nitrogens is 2. The number of hydrogen-bond donors (Lipinski definition) is 1. The number of halogens is 1. The van der Waals surface area contributed by atoms with Crippen molar-refractivity contribution >= 4 is 15.9 Å². The topological polar surface area (TPSA) is 43.8 Å². The van der Waals surface area contributed by atoms with Gasteiger partial charge in [0.2, 0.25) is 0 Å². The second kappa shape index (κ2) is 5.10. The van der Waals surface area contributed by atoms with Crippen molar-refractivity contribution in [3.63, 3.8) is 0 Å². The lowest BCUT2D eigenvalue weighted by molar-refractivity contribution is 0.307. The molecule has 0 aliphatic heterocycles. The van der Waals surface area contributed by atoms with Gasteiger partial charge in [0.25, 0.3) is 0 Å². The Labute approximate surface area is 122 Å². The number of benzene rings is 1. The first-order chi connectivity index (χ1) is 9.25. The van der Waals surface area contributed by atoms with Crippen LogP contribution in [0.5, 0.6) is 0 Å². The molecule has 1 heterocycles. The fraction of sp³-hybridized carbons (Fsp3) is 0.400. The van der Waals surface area contributed by atoms with E-state index in [1.54, 1.807) is 0 Å². The van der Waals surface area contributed by atoms with E-state index in [0.717, 1.165) is 23.0 Å². The summed E-state index contributed by atoms with van der Waals surface area (Å²) in [6.07, 6.45) is 8.70. The van der Waals surface area contributed by atoms with E-state index < -0.39 is 0 Å². The Hall–Kier alpha value is -1.13. The van der Waals surface area contributed by atoms with E-state index in [1.165, 1.54) is 18.4 Å². The van der Waals surface area contributed by atoms with E-state index in [9.17, 15) is 0 Å². The van der Waals surface area contributed by atoms with Gasteiger partial charge in [0.1, 0.15) is 0 Å². The van der Waals surface area contributed by atoms with E-state index >= 15 is 0 Å². The van der Waals surface area contributed by atoms with Crippen LogP contribution >= 0.6 is 15.9 Å².